The van der Waals surface area contributed by atoms with Crippen molar-refractivity contribution in [1.29, 1.82) is 0 Å². The molecular weight excluding hydrogens is 494 g/mol. The third-order valence-electron chi connectivity index (χ3n) is 5.97. The summed E-state index contributed by atoms with van der Waals surface area (Å²) in [6.45, 7) is 7.22. The van der Waals surface area contributed by atoms with Crippen LogP contribution in [0.15, 0.2) is 36.4 Å². The molecule has 37 heavy (non-hydrogen) atoms. The number of aryl methyl sites for hydroxylation is 1. The highest BCUT2D eigenvalue weighted by atomic mass is 35.5. The molecule has 0 aliphatic heterocycles. The molecule has 1 aromatic heterocycles. The zero-order valence-corrected chi connectivity index (χ0v) is 23.4. The third-order valence-corrected chi connectivity index (χ3v) is 6.25. The maximum atomic E-state index is 13.9. The second-order valence-corrected chi connectivity index (χ2v) is 9.44. The van der Waals surface area contributed by atoms with Gasteiger partial charge in [0.15, 0.2) is 11.5 Å². The quantitative estimate of drug-likeness (QED) is 0.293. The Morgan fingerprint density at radius 2 is 1.76 bits per heavy atom. The van der Waals surface area contributed by atoms with Gasteiger partial charge in [-0.1, -0.05) is 32.4 Å². The number of carbonyl (C=O) groups excluding carboxylic acids is 1. The highest BCUT2D eigenvalue weighted by Gasteiger charge is 2.24. The minimum absolute atomic E-state index is 0.166. The highest BCUT2D eigenvalue weighted by molar-refractivity contribution is 6.32. The van der Waals surface area contributed by atoms with Gasteiger partial charge in [-0.3, -0.25) is 9.48 Å². The summed E-state index contributed by atoms with van der Waals surface area (Å²) in [6.07, 6.45) is 0.844. The zero-order valence-electron chi connectivity index (χ0n) is 22.6. The first-order valence-corrected chi connectivity index (χ1v) is 12.6. The molecule has 0 bridgehead atoms. The Labute approximate surface area is 224 Å². The van der Waals surface area contributed by atoms with Crippen LogP contribution in [0.4, 0.5) is 0 Å². The molecule has 0 aliphatic carbocycles. The van der Waals surface area contributed by atoms with Crippen molar-refractivity contribution < 1.29 is 23.7 Å². The first-order valence-electron chi connectivity index (χ1n) is 12.3. The predicted octanol–water partition coefficient (Wildman–Crippen LogP) is 5.85. The minimum atomic E-state index is -0.166. The molecule has 9 heteroatoms. The zero-order chi connectivity index (χ0) is 27.1. The maximum Gasteiger partial charge on any atom is 0.272 e. The lowest BCUT2D eigenvalue weighted by Gasteiger charge is -2.25. The molecule has 8 nitrogen and oxygen atoms in total. The molecule has 0 atom stereocenters. The number of halogens is 1. The number of amides is 1. The van der Waals surface area contributed by atoms with E-state index in [1.54, 1.807) is 44.0 Å². The van der Waals surface area contributed by atoms with E-state index < -0.39 is 0 Å². The van der Waals surface area contributed by atoms with Gasteiger partial charge in [-0.25, -0.2) is 0 Å². The normalized spacial score (nSPS) is 10.9. The van der Waals surface area contributed by atoms with Gasteiger partial charge in [-0.05, 0) is 48.2 Å². The second-order valence-electron chi connectivity index (χ2n) is 9.03. The molecule has 0 spiro atoms. The van der Waals surface area contributed by atoms with Gasteiger partial charge in [0.1, 0.15) is 17.2 Å². The molecular formula is C28H36ClN3O5. The third kappa shape index (κ3) is 6.68. The molecule has 0 radical (unpaired) electrons. The summed E-state index contributed by atoms with van der Waals surface area (Å²) in [5.41, 5.74) is 2.99. The average Bonchev–Trinajstić information content (AvgIpc) is 3.28. The standard InChI is InChI=1S/C28H36ClN3O5/c1-8-11-37-27-22(29)12-19(13-26(27)36-7)16-32(17-20-9-10-21(34-5)14-25(20)35-6)28(33)24-15-23(18(2)3)30-31(24)4/h9-10,12-15,18H,8,11,16-17H2,1-7H3. The van der Waals surface area contributed by atoms with Crippen molar-refractivity contribution in [3.8, 4) is 23.0 Å². The lowest BCUT2D eigenvalue weighted by molar-refractivity contribution is 0.0717. The summed E-state index contributed by atoms with van der Waals surface area (Å²) in [5.74, 6) is 2.35. The number of ether oxygens (including phenoxy) is 4. The Morgan fingerprint density at radius 1 is 1.03 bits per heavy atom. The Morgan fingerprint density at radius 3 is 2.35 bits per heavy atom. The van der Waals surface area contributed by atoms with Crippen molar-refractivity contribution in [2.24, 2.45) is 7.05 Å². The lowest BCUT2D eigenvalue weighted by Crippen LogP contribution is -2.31. The van der Waals surface area contributed by atoms with Crippen LogP contribution in [0.2, 0.25) is 5.02 Å². The van der Waals surface area contributed by atoms with E-state index in [0.29, 0.717) is 46.9 Å². The Bertz CT molecular complexity index is 1220. The Kier molecular flexibility index (Phi) is 9.69. The summed E-state index contributed by atoms with van der Waals surface area (Å²) in [5, 5.41) is 4.97. The number of nitrogens with zero attached hydrogens (tertiary/aromatic N) is 3. The molecule has 200 valence electrons. The van der Waals surface area contributed by atoms with Crippen LogP contribution in [-0.2, 0) is 20.1 Å². The van der Waals surface area contributed by atoms with E-state index in [2.05, 4.69) is 5.10 Å². The van der Waals surface area contributed by atoms with Crippen LogP contribution in [0.25, 0.3) is 0 Å². The molecule has 0 fully saturated rings. The summed E-state index contributed by atoms with van der Waals surface area (Å²) >= 11 is 6.58. The molecule has 0 unspecified atom stereocenters. The topological polar surface area (TPSA) is 75.0 Å². The first kappa shape index (κ1) is 28.2. The van der Waals surface area contributed by atoms with E-state index in [1.165, 1.54) is 0 Å². The number of hydrogen-bond donors (Lipinski definition) is 0. The number of benzene rings is 2. The van der Waals surface area contributed by atoms with Crippen molar-refractivity contribution in [2.75, 3.05) is 27.9 Å². The van der Waals surface area contributed by atoms with Crippen LogP contribution in [0.5, 0.6) is 23.0 Å². The molecule has 0 saturated carbocycles. The number of aromatic nitrogens is 2. The van der Waals surface area contributed by atoms with E-state index >= 15 is 0 Å². The second kappa shape index (κ2) is 12.7. The molecule has 3 aromatic rings. The van der Waals surface area contributed by atoms with Gasteiger partial charge in [0.25, 0.3) is 5.91 Å². The highest BCUT2D eigenvalue weighted by Crippen LogP contribution is 2.37. The number of methoxy groups -OCH3 is 3. The SMILES string of the molecule is CCCOc1c(Cl)cc(CN(Cc2ccc(OC)cc2OC)C(=O)c2cc(C(C)C)nn2C)cc1OC. The summed E-state index contributed by atoms with van der Waals surface area (Å²) < 4.78 is 23.9. The Balaban J connectivity index is 2.02. The van der Waals surface area contributed by atoms with Crippen molar-refractivity contribution in [1.82, 2.24) is 14.7 Å². The first-order chi connectivity index (χ1) is 17.7. The van der Waals surface area contributed by atoms with Gasteiger partial charge in [0, 0.05) is 25.2 Å². The van der Waals surface area contributed by atoms with Crippen LogP contribution < -0.4 is 18.9 Å². The molecule has 0 saturated heterocycles. The van der Waals surface area contributed by atoms with Crippen LogP contribution >= 0.6 is 11.6 Å². The number of hydrogen-bond acceptors (Lipinski definition) is 6. The average molecular weight is 530 g/mol. The van der Waals surface area contributed by atoms with Gasteiger partial charge in [0.05, 0.1) is 45.2 Å². The van der Waals surface area contributed by atoms with Crippen LogP contribution in [-0.4, -0.2) is 48.5 Å². The monoisotopic (exact) mass is 529 g/mol. The fourth-order valence-electron chi connectivity index (χ4n) is 3.95. The summed E-state index contributed by atoms with van der Waals surface area (Å²) in [7, 11) is 6.55. The smallest absolute Gasteiger partial charge is 0.272 e. The van der Waals surface area contributed by atoms with Gasteiger partial charge >= 0.3 is 0 Å². The molecule has 0 aliphatic rings. The van der Waals surface area contributed by atoms with Gasteiger partial charge in [-0.15, -0.1) is 0 Å². The van der Waals surface area contributed by atoms with Gasteiger partial charge in [0.2, 0.25) is 0 Å². The molecule has 1 heterocycles. The minimum Gasteiger partial charge on any atom is -0.497 e. The number of rotatable bonds is 12. The molecule has 0 N–H and O–H groups in total. The van der Waals surface area contributed by atoms with E-state index in [9.17, 15) is 4.79 Å². The lowest BCUT2D eigenvalue weighted by atomic mass is 10.1. The van der Waals surface area contributed by atoms with Crippen molar-refractivity contribution >= 4 is 17.5 Å². The largest absolute Gasteiger partial charge is 0.497 e. The molecule has 2 aromatic carbocycles. The Hall–Kier alpha value is -3.39. The maximum absolute atomic E-state index is 13.9. The van der Waals surface area contributed by atoms with Gasteiger partial charge < -0.3 is 23.8 Å². The van der Waals surface area contributed by atoms with Crippen LogP contribution in [0.3, 0.4) is 0 Å². The van der Waals surface area contributed by atoms with Crippen molar-refractivity contribution in [3.05, 3.63) is 63.9 Å². The predicted molar refractivity (Wildman–Crippen MR) is 144 cm³/mol. The van der Waals surface area contributed by atoms with Crippen LogP contribution in [0.1, 0.15) is 60.4 Å². The molecule has 1 amide bonds. The summed E-state index contributed by atoms with van der Waals surface area (Å²) in [6, 6.07) is 11.1. The van der Waals surface area contributed by atoms with E-state index in [4.69, 9.17) is 30.5 Å². The van der Waals surface area contributed by atoms with E-state index in [-0.39, 0.29) is 18.4 Å². The summed E-state index contributed by atoms with van der Waals surface area (Å²) in [4.78, 5) is 15.6. The van der Waals surface area contributed by atoms with E-state index in [0.717, 1.165) is 23.2 Å². The number of carbonyl (C=O) groups is 1. The molecule has 3 rings (SSSR count). The van der Waals surface area contributed by atoms with Crippen molar-refractivity contribution in [2.45, 2.75) is 46.2 Å². The fraction of sp³-hybridized carbons (Fsp3) is 0.429. The van der Waals surface area contributed by atoms with Gasteiger partial charge in [-0.2, -0.15) is 5.10 Å². The van der Waals surface area contributed by atoms with Crippen LogP contribution in [0, 0.1) is 0 Å². The van der Waals surface area contributed by atoms with Crippen molar-refractivity contribution in [3.63, 3.8) is 0 Å². The van der Waals surface area contributed by atoms with E-state index in [1.807, 2.05) is 51.1 Å². The fourth-order valence-corrected chi connectivity index (χ4v) is 4.24.